The zero-order valence-corrected chi connectivity index (χ0v) is 17.2. The molecular formula is C25H28N2O2. The Kier molecular flexibility index (Phi) is 5.79. The first-order chi connectivity index (χ1) is 14.1. The number of benzene rings is 2. The molecule has 3 aromatic rings. The van der Waals surface area contributed by atoms with E-state index in [0.717, 1.165) is 51.9 Å². The van der Waals surface area contributed by atoms with Crippen molar-refractivity contribution in [2.45, 2.75) is 58.6 Å². The highest BCUT2D eigenvalue weighted by Crippen LogP contribution is 2.27. The van der Waals surface area contributed by atoms with Gasteiger partial charge in [-0.1, -0.05) is 36.4 Å². The van der Waals surface area contributed by atoms with E-state index in [-0.39, 0.29) is 5.91 Å². The second kappa shape index (κ2) is 8.64. The molecule has 1 fully saturated rings. The number of aromatic nitrogens is 1. The van der Waals surface area contributed by atoms with E-state index in [0.29, 0.717) is 19.1 Å². The fourth-order valence-corrected chi connectivity index (χ4v) is 4.20. The molecule has 0 spiro atoms. The van der Waals surface area contributed by atoms with Crippen molar-refractivity contribution < 1.29 is 9.53 Å². The Hall–Kier alpha value is -2.88. The van der Waals surface area contributed by atoms with Crippen LogP contribution in [0, 0.1) is 13.8 Å². The van der Waals surface area contributed by atoms with E-state index in [1.807, 2.05) is 49.4 Å². The highest BCUT2D eigenvalue weighted by atomic mass is 16.5. The maximum absolute atomic E-state index is 12.7. The van der Waals surface area contributed by atoms with E-state index < -0.39 is 0 Å². The summed E-state index contributed by atoms with van der Waals surface area (Å²) in [4.78, 5) is 17.4. The Morgan fingerprint density at radius 3 is 2.62 bits per heavy atom. The van der Waals surface area contributed by atoms with Gasteiger partial charge in [0.05, 0.1) is 18.0 Å². The van der Waals surface area contributed by atoms with E-state index in [1.54, 1.807) is 0 Å². The van der Waals surface area contributed by atoms with Gasteiger partial charge in [-0.25, -0.2) is 0 Å². The summed E-state index contributed by atoms with van der Waals surface area (Å²) in [7, 11) is 0. The van der Waals surface area contributed by atoms with Gasteiger partial charge in [-0.15, -0.1) is 0 Å². The van der Waals surface area contributed by atoms with Crippen molar-refractivity contribution in [1.82, 2.24) is 10.3 Å². The standard InChI is InChI=1S/C25H28N2O2/c1-17-21-12-6-7-13-23(21)27-18(2)22(17)15-25(28)26-16-19-9-3-8-14-24(19)29-20-10-4-5-11-20/h3,6-9,12-14,20H,4-5,10-11,15-16H2,1-2H3,(H,26,28). The SMILES string of the molecule is Cc1nc2ccccc2c(C)c1CC(=O)NCc1ccccc1OC1CCCC1. The van der Waals surface area contributed by atoms with E-state index in [2.05, 4.69) is 23.3 Å². The van der Waals surface area contributed by atoms with Crippen LogP contribution < -0.4 is 10.1 Å². The highest BCUT2D eigenvalue weighted by molar-refractivity contribution is 5.86. The van der Waals surface area contributed by atoms with Crippen molar-refractivity contribution >= 4 is 16.8 Å². The predicted octanol–water partition coefficient (Wildman–Crippen LogP) is 5.03. The topological polar surface area (TPSA) is 51.2 Å². The molecule has 4 heteroatoms. The lowest BCUT2D eigenvalue weighted by Gasteiger charge is -2.17. The van der Waals surface area contributed by atoms with Gasteiger partial charge in [0, 0.05) is 23.2 Å². The lowest BCUT2D eigenvalue weighted by atomic mass is 9.99. The summed E-state index contributed by atoms with van der Waals surface area (Å²) in [6, 6.07) is 16.1. The molecule has 1 aromatic heterocycles. The molecular weight excluding hydrogens is 360 g/mol. The molecule has 150 valence electrons. The maximum atomic E-state index is 12.7. The molecule has 4 rings (SSSR count). The number of hydrogen-bond acceptors (Lipinski definition) is 3. The monoisotopic (exact) mass is 388 g/mol. The number of ether oxygens (including phenoxy) is 1. The largest absolute Gasteiger partial charge is 0.490 e. The smallest absolute Gasteiger partial charge is 0.224 e. The Balaban J connectivity index is 1.44. The summed E-state index contributed by atoms with van der Waals surface area (Å²) in [5.74, 6) is 0.892. The van der Waals surface area contributed by atoms with Crippen molar-refractivity contribution in [2.24, 2.45) is 0 Å². The third-order valence-electron chi connectivity index (χ3n) is 5.87. The fraction of sp³-hybridized carbons (Fsp3) is 0.360. The van der Waals surface area contributed by atoms with Gasteiger partial charge < -0.3 is 10.1 Å². The number of fused-ring (bicyclic) bond motifs is 1. The lowest BCUT2D eigenvalue weighted by Crippen LogP contribution is -2.26. The van der Waals surface area contributed by atoms with Crippen LogP contribution in [0.15, 0.2) is 48.5 Å². The van der Waals surface area contributed by atoms with Crippen molar-refractivity contribution in [3.05, 3.63) is 70.9 Å². The van der Waals surface area contributed by atoms with E-state index in [1.165, 1.54) is 12.8 Å². The minimum absolute atomic E-state index is 0.00366. The zero-order chi connectivity index (χ0) is 20.2. The predicted molar refractivity (Wildman–Crippen MR) is 116 cm³/mol. The molecule has 1 N–H and O–H groups in total. The minimum atomic E-state index is 0.00366. The molecule has 0 aliphatic heterocycles. The second-order valence-electron chi connectivity index (χ2n) is 7.90. The van der Waals surface area contributed by atoms with Gasteiger partial charge >= 0.3 is 0 Å². The quantitative estimate of drug-likeness (QED) is 0.644. The molecule has 0 saturated heterocycles. The first-order valence-corrected chi connectivity index (χ1v) is 10.5. The number of aryl methyl sites for hydroxylation is 2. The number of carbonyl (C=O) groups excluding carboxylic acids is 1. The average Bonchev–Trinajstić information content (AvgIpc) is 3.23. The summed E-state index contributed by atoms with van der Waals surface area (Å²) < 4.78 is 6.18. The van der Waals surface area contributed by atoms with Gasteiger partial charge in [0.1, 0.15) is 5.75 Å². The van der Waals surface area contributed by atoms with E-state index in [9.17, 15) is 4.79 Å². The van der Waals surface area contributed by atoms with Crippen LogP contribution in [0.2, 0.25) is 0 Å². The van der Waals surface area contributed by atoms with E-state index in [4.69, 9.17) is 4.74 Å². The molecule has 0 atom stereocenters. The fourth-order valence-electron chi connectivity index (χ4n) is 4.20. The Bertz CT molecular complexity index is 1020. The summed E-state index contributed by atoms with van der Waals surface area (Å²) in [5.41, 5.74) is 5.06. The van der Waals surface area contributed by atoms with Crippen LogP contribution in [0.25, 0.3) is 10.9 Å². The Morgan fingerprint density at radius 1 is 1.07 bits per heavy atom. The molecule has 1 aliphatic carbocycles. The van der Waals surface area contributed by atoms with Gasteiger partial charge in [-0.2, -0.15) is 0 Å². The number of nitrogens with one attached hydrogen (secondary N) is 1. The van der Waals surface area contributed by atoms with Crippen LogP contribution in [0.3, 0.4) is 0 Å². The summed E-state index contributed by atoms with van der Waals surface area (Å²) in [6.07, 6.45) is 5.36. The van der Waals surface area contributed by atoms with Crippen LogP contribution in [0.4, 0.5) is 0 Å². The van der Waals surface area contributed by atoms with E-state index >= 15 is 0 Å². The minimum Gasteiger partial charge on any atom is -0.490 e. The molecule has 1 amide bonds. The van der Waals surface area contributed by atoms with Crippen molar-refractivity contribution in [3.8, 4) is 5.75 Å². The average molecular weight is 389 g/mol. The molecule has 0 radical (unpaired) electrons. The number of pyridine rings is 1. The summed E-state index contributed by atoms with van der Waals surface area (Å²) in [5, 5.41) is 4.18. The molecule has 29 heavy (non-hydrogen) atoms. The number of amides is 1. The first kappa shape index (κ1) is 19.4. The number of carbonyl (C=O) groups is 1. The lowest BCUT2D eigenvalue weighted by molar-refractivity contribution is -0.120. The summed E-state index contributed by atoms with van der Waals surface area (Å²) in [6.45, 7) is 4.53. The molecule has 4 nitrogen and oxygen atoms in total. The van der Waals surface area contributed by atoms with Crippen LogP contribution >= 0.6 is 0 Å². The number of nitrogens with zero attached hydrogens (tertiary/aromatic N) is 1. The van der Waals surface area contributed by atoms with Crippen molar-refractivity contribution in [2.75, 3.05) is 0 Å². The Morgan fingerprint density at radius 2 is 1.79 bits per heavy atom. The number of rotatable bonds is 6. The highest BCUT2D eigenvalue weighted by Gasteiger charge is 2.18. The molecule has 1 saturated carbocycles. The Labute approximate surface area is 172 Å². The van der Waals surface area contributed by atoms with Crippen LogP contribution in [0.1, 0.15) is 48.1 Å². The van der Waals surface area contributed by atoms with Crippen molar-refractivity contribution in [3.63, 3.8) is 0 Å². The zero-order valence-electron chi connectivity index (χ0n) is 17.2. The number of hydrogen-bond donors (Lipinski definition) is 1. The van der Waals surface area contributed by atoms with Crippen LogP contribution in [-0.2, 0) is 17.8 Å². The molecule has 0 unspecified atom stereocenters. The molecule has 1 heterocycles. The third-order valence-corrected chi connectivity index (χ3v) is 5.87. The first-order valence-electron chi connectivity index (χ1n) is 10.5. The third kappa shape index (κ3) is 4.42. The van der Waals surface area contributed by atoms with Gasteiger partial charge in [0.15, 0.2) is 0 Å². The van der Waals surface area contributed by atoms with Crippen LogP contribution in [0.5, 0.6) is 5.75 Å². The number of para-hydroxylation sites is 2. The normalized spacial score (nSPS) is 14.3. The van der Waals surface area contributed by atoms with Gasteiger partial charge in [0.25, 0.3) is 0 Å². The molecule has 0 bridgehead atoms. The molecule has 2 aromatic carbocycles. The van der Waals surface area contributed by atoms with Gasteiger partial charge in [0.2, 0.25) is 5.91 Å². The molecule has 1 aliphatic rings. The second-order valence-corrected chi connectivity index (χ2v) is 7.90. The summed E-state index contributed by atoms with van der Waals surface area (Å²) >= 11 is 0. The van der Waals surface area contributed by atoms with Gasteiger partial charge in [-0.05, 0) is 62.8 Å². The van der Waals surface area contributed by atoms with Crippen LogP contribution in [-0.4, -0.2) is 17.0 Å². The van der Waals surface area contributed by atoms with Crippen molar-refractivity contribution in [1.29, 1.82) is 0 Å². The van der Waals surface area contributed by atoms with Gasteiger partial charge in [-0.3, -0.25) is 9.78 Å². The maximum Gasteiger partial charge on any atom is 0.224 e.